The van der Waals surface area contributed by atoms with Gasteiger partial charge >= 0.3 is 0 Å². The molecule has 32 heavy (non-hydrogen) atoms. The van der Waals surface area contributed by atoms with Crippen LogP contribution in [-0.2, 0) is 9.59 Å². The third-order valence-corrected chi connectivity index (χ3v) is 6.30. The van der Waals surface area contributed by atoms with Crippen molar-refractivity contribution in [2.24, 2.45) is 0 Å². The zero-order valence-corrected chi connectivity index (χ0v) is 19.0. The van der Waals surface area contributed by atoms with Crippen LogP contribution < -0.4 is 10.6 Å². The minimum absolute atomic E-state index is 0.139. The van der Waals surface area contributed by atoms with E-state index < -0.39 is 0 Å². The Morgan fingerprint density at radius 3 is 2.38 bits per heavy atom. The van der Waals surface area contributed by atoms with Crippen LogP contribution in [0.1, 0.15) is 6.92 Å². The van der Waals surface area contributed by atoms with Crippen molar-refractivity contribution in [3.05, 3.63) is 84.2 Å². The van der Waals surface area contributed by atoms with Crippen molar-refractivity contribution in [1.82, 2.24) is 4.98 Å². The van der Waals surface area contributed by atoms with Crippen LogP contribution in [0.2, 0.25) is 0 Å². The van der Waals surface area contributed by atoms with Crippen molar-refractivity contribution in [1.29, 1.82) is 0 Å². The molecule has 7 heteroatoms. The number of benzene rings is 2. The number of amides is 2. The third-order valence-electron chi connectivity index (χ3n) is 4.50. The molecule has 0 fully saturated rings. The minimum atomic E-state index is -0.157. The molecule has 0 bridgehead atoms. The number of thiophene rings is 1. The molecule has 0 saturated carbocycles. The number of pyridine rings is 1. The number of aromatic nitrogens is 1. The molecule has 0 aliphatic heterocycles. The summed E-state index contributed by atoms with van der Waals surface area (Å²) in [6, 6.07) is 25.4. The monoisotopic (exact) mass is 459 g/mol. The molecule has 5 nitrogen and oxygen atoms in total. The number of nitrogens with zero attached hydrogens (tertiary/aromatic N) is 1. The number of carbonyl (C=O) groups excluding carboxylic acids is 2. The van der Waals surface area contributed by atoms with Gasteiger partial charge in [0.2, 0.25) is 11.8 Å². The van der Waals surface area contributed by atoms with Crippen LogP contribution in [0.4, 0.5) is 11.4 Å². The van der Waals surface area contributed by atoms with E-state index in [2.05, 4.69) is 28.8 Å². The fraction of sp³-hybridized carbons (Fsp3) is 0.0800. The number of hydrogen-bond acceptors (Lipinski definition) is 5. The summed E-state index contributed by atoms with van der Waals surface area (Å²) in [6.07, 6.45) is 0. The lowest BCUT2D eigenvalue weighted by molar-refractivity contribution is -0.114. The maximum absolute atomic E-state index is 12.5. The number of nitrogens with one attached hydrogen (secondary N) is 2. The summed E-state index contributed by atoms with van der Waals surface area (Å²) in [4.78, 5) is 29.6. The van der Waals surface area contributed by atoms with E-state index in [1.807, 2.05) is 41.8 Å². The van der Waals surface area contributed by atoms with Crippen molar-refractivity contribution in [2.75, 3.05) is 16.4 Å². The average Bonchev–Trinajstić information content (AvgIpc) is 3.33. The largest absolute Gasteiger partial charge is 0.326 e. The van der Waals surface area contributed by atoms with Gasteiger partial charge < -0.3 is 10.6 Å². The Morgan fingerprint density at radius 2 is 1.66 bits per heavy atom. The highest BCUT2D eigenvalue weighted by Crippen LogP contribution is 2.31. The fourth-order valence-electron chi connectivity index (χ4n) is 3.14. The highest BCUT2D eigenvalue weighted by Gasteiger charge is 2.11. The molecule has 2 aromatic carbocycles. The molecule has 4 aromatic rings. The second kappa shape index (κ2) is 10.3. The van der Waals surface area contributed by atoms with Crippen molar-refractivity contribution < 1.29 is 9.59 Å². The van der Waals surface area contributed by atoms with Gasteiger partial charge in [-0.2, -0.15) is 0 Å². The summed E-state index contributed by atoms with van der Waals surface area (Å²) in [6.45, 7) is 1.45. The quantitative estimate of drug-likeness (QED) is 0.324. The van der Waals surface area contributed by atoms with Crippen LogP contribution in [0.25, 0.3) is 21.7 Å². The van der Waals surface area contributed by atoms with Gasteiger partial charge in [-0.25, -0.2) is 4.98 Å². The highest BCUT2D eigenvalue weighted by atomic mass is 32.2. The van der Waals surface area contributed by atoms with Crippen LogP contribution in [0.15, 0.2) is 89.3 Å². The van der Waals surface area contributed by atoms with Crippen LogP contribution >= 0.6 is 23.1 Å². The number of carbonyl (C=O) groups is 2. The van der Waals surface area contributed by atoms with Gasteiger partial charge in [0.1, 0.15) is 0 Å². The zero-order chi connectivity index (χ0) is 22.3. The van der Waals surface area contributed by atoms with E-state index in [0.717, 1.165) is 26.7 Å². The lowest BCUT2D eigenvalue weighted by Gasteiger charge is -2.10. The number of anilines is 2. The zero-order valence-electron chi connectivity index (χ0n) is 17.4. The second-order valence-corrected chi connectivity index (χ2v) is 8.96. The molecule has 0 saturated heterocycles. The van der Waals surface area contributed by atoms with Gasteiger partial charge in [0, 0.05) is 18.3 Å². The summed E-state index contributed by atoms with van der Waals surface area (Å²) in [5.74, 6) is -0.0750. The molecule has 2 amide bonds. The molecule has 2 N–H and O–H groups in total. The molecule has 0 spiro atoms. The summed E-state index contributed by atoms with van der Waals surface area (Å²) in [5.41, 5.74) is 4.34. The molecule has 160 valence electrons. The van der Waals surface area contributed by atoms with Gasteiger partial charge in [-0.3, -0.25) is 9.59 Å². The first-order valence-electron chi connectivity index (χ1n) is 9.98. The first kappa shape index (κ1) is 21.8. The van der Waals surface area contributed by atoms with Crippen molar-refractivity contribution in [2.45, 2.75) is 11.9 Å². The lowest BCUT2D eigenvalue weighted by atomic mass is 10.1. The van der Waals surface area contributed by atoms with Gasteiger partial charge in [-0.05, 0) is 52.9 Å². The Bertz CT molecular complexity index is 1230. The van der Waals surface area contributed by atoms with Crippen LogP contribution in [0.5, 0.6) is 0 Å². The smallest absolute Gasteiger partial charge is 0.234 e. The van der Waals surface area contributed by atoms with E-state index in [0.29, 0.717) is 11.4 Å². The molecular formula is C25H21N3O2S2. The number of hydrogen-bond donors (Lipinski definition) is 2. The molecule has 0 atom stereocenters. The first-order chi connectivity index (χ1) is 15.6. The van der Waals surface area contributed by atoms with Gasteiger partial charge in [0.25, 0.3) is 0 Å². The summed E-state index contributed by atoms with van der Waals surface area (Å²) >= 11 is 3.03. The fourth-order valence-corrected chi connectivity index (χ4v) is 4.55. The maximum Gasteiger partial charge on any atom is 0.234 e. The first-order valence-corrected chi connectivity index (χ1v) is 11.8. The van der Waals surface area contributed by atoms with E-state index in [-0.39, 0.29) is 17.6 Å². The van der Waals surface area contributed by atoms with E-state index in [9.17, 15) is 9.59 Å². The molecule has 0 radical (unpaired) electrons. The maximum atomic E-state index is 12.5. The van der Waals surface area contributed by atoms with Crippen molar-refractivity contribution in [3.63, 3.8) is 0 Å². The van der Waals surface area contributed by atoms with Crippen LogP contribution in [0.3, 0.4) is 0 Å². The van der Waals surface area contributed by atoms with E-state index >= 15 is 0 Å². The van der Waals surface area contributed by atoms with Crippen molar-refractivity contribution >= 4 is 46.3 Å². The molecule has 0 aliphatic rings. The predicted molar refractivity (Wildman–Crippen MR) is 133 cm³/mol. The molecule has 2 aromatic heterocycles. The molecule has 0 unspecified atom stereocenters. The summed E-state index contributed by atoms with van der Waals surface area (Å²) in [5, 5.41) is 8.41. The standard InChI is InChI=1S/C25H21N3O2S2/c1-17(29)26-20-9-5-10-21(15-20)27-24(30)16-32-25-14-19(18-7-3-2-4-8-18)13-22(28-25)23-11-6-12-31-23/h2-15H,16H2,1H3,(H,26,29)(H,27,30). The lowest BCUT2D eigenvalue weighted by Crippen LogP contribution is -2.14. The predicted octanol–water partition coefficient (Wildman–Crippen LogP) is 6.17. The van der Waals surface area contributed by atoms with Gasteiger partial charge in [0.15, 0.2) is 0 Å². The highest BCUT2D eigenvalue weighted by molar-refractivity contribution is 7.99. The van der Waals surface area contributed by atoms with E-state index in [1.165, 1.54) is 18.7 Å². The SMILES string of the molecule is CC(=O)Nc1cccc(NC(=O)CSc2cc(-c3ccccc3)cc(-c3cccs3)n2)c1. The van der Waals surface area contributed by atoms with E-state index in [4.69, 9.17) is 4.98 Å². The van der Waals surface area contributed by atoms with Crippen LogP contribution in [0, 0.1) is 0 Å². The Labute approximate surface area is 194 Å². The Hall–Kier alpha value is -3.42. The van der Waals surface area contributed by atoms with Gasteiger partial charge in [-0.1, -0.05) is 54.2 Å². The van der Waals surface area contributed by atoms with Crippen molar-refractivity contribution in [3.8, 4) is 21.7 Å². The topological polar surface area (TPSA) is 71.1 Å². The Kier molecular flexibility index (Phi) is 6.99. The summed E-state index contributed by atoms with van der Waals surface area (Å²) < 4.78 is 0. The van der Waals surface area contributed by atoms with Crippen LogP contribution in [-0.4, -0.2) is 22.6 Å². The third kappa shape index (κ3) is 5.84. The Morgan fingerprint density at radius 1 is 0.875 bits per heavy atom. The molecule has 0 aliphatic carbocycles. The normalized spacial score (nSPS) is 10.5. The molecular weight excluding hydrogens is 438 g/mol. The average molecular weight is 460 g/mol. The summed E-state index contributed by atoms with van der Waals surface area (Å²) in [7, 11) is 0. The van der Waals surface area contributed by atoms with Gasteiger partial charge in [0.05, 0.1) is 21.3 Å². The molecule has 2 heterocycles. The van der Waals surface area contributed by atoms with E-state index in [1.54, 1.807) is 35.6 Å². The number of rotatable bonds is 7. The van der Waals surface area contributed by atoms with Gasteiger partial charge in [-0.15, -0.1) is 11.3 Å². The molecule has 4 rings (SSSR count). The number of thioether (sulfide) groups is 1. The minimum Gasteiger partial charge on any atom is -0.326 e. The Balaban J connectivity index is 1.49. The second-order valence-electron chi connectivity index (χ2n) is 7.02.